The van der Waals surface area contributed by atoms with Gasteiger partial charge >= 0.3 is 0 Å². The number of aryl methyl sites for hydroxylation is 1. The smallest absolute Gasteiger partial charge is 0.248 e. The first-order valence-electron chi connectivity index (χ1n) is 9.59. The maximum Gasteiger partial charge on any atom is 0.248 e. The van der Waals surface area contributed by atoms with Crippen molar-refractivity contribution in [1.82, 2.24) is 0 Å². The second-order valence-corrected chi connectivity index (χ2v) is 6.62. The molecule has 1 N–H and O–H groups in total. The summed E-state index contributed by atoms with van der Waals surface area (Å²) in [4.78, 5) is 12.2. The van der Waals surface area contributed by atoms with Crippen molar-refractivity contribution < 1.29 is 19.0 Å². The molecule has 0 bridgehead atoms. The molecule has 0 aliphatic heterocycles. The third-order valence-corrected chi connectivity index (χ3v) is 4.29. The van der Waals surface area contributed by atoms with Crippen LogP contribution in [0, 0.1) is 18.3 Å². The highest BCUT2D eigenvalue weighted by Crippen LogP contribution is 2.28. The quantitative estimate of drug-likeness (QED) is 0.503. The fourth-order valence-corrected chi connectivity index (χ4v) is 2.72. The van der Waals surface area contributed by atoms with Crippen LogP contribution in [0.3, 0.4) is 0 Å². The molecule has 0 heterocycles. The molecule has 0 aromatic heterocycles. The maximum absolute atomic E-state index is 12.2. The van der Waals surface area contributed by atoms with Crippen molar-refractivity contribution in [2.75, 3.05) is 19.0 Å². The van der Waals surface area contributed by atoms with E-state index in [2.05, 4.69) is 5.32 Å². The molecule has 0 spiro atoms. The van der Waals surface area contributed by atoms with E-state index in [9.17, 15) is 4.79 Å². The van der Waals surface area contributed by atoms with Gasteiger partial charge in [0.15, 0.2) is 18.1 Å². The standard InChI is InChI=1S/C25H22N2O4/c1-18-3-9-21(10-4-18)31-22-11-7-20(8-12-22)27-25(28)14-6-19-5-13-23(30-16-15-26)24(17-19)29-2/h3-14,17H,16H2,1-2H3,(H,27,28)/b14-6+. The summed E-state index contributed by atoms with van der Waals surface area (Å²) in [7, 11) is 1.51. The molecular formula is C25H22N2O4. The highest BCUT2D eigenvalue weighted by atomic mass is 16.5. The van der Waals surface area contributed by atoms with E-state index in [1.54, 1.807) is 48.5 Å². The number of anilines is 1. The molecule has 0 radical (unpaired) electrons. The van der Waals surface area contributed by atoms with Crippen molar-refractivity contribution in [2.24, 2.45) is 0 Å². The zero-order chi connectivity index (χ0) is 22.1. The number of nitriles is 1. The van der Waals surface area contributed by atoms with E-state index in [1.165, 1.54) is 18.7 Å². The summed E-state index contributed by atoms with van der Waals surface area (Å²) in [6.07, 6.45) is 3.10. The molecule has 0 aliphatic rings. The fourth-order valence-electron chi connectivity index (χ4n) is 2.72. The fraction of sp³-hybridized carbons (Fsp3) is 0.120. The van der Waals surface area contributed by atoms with Crippen LogP contribution in [0.1, 0.15) is 11.1 Å². The Morgan fingerprint density at radius 2 is 1.68 bits per heavy atom. The molecular weight excluding hydrogens is 392 g/mol. The maximum atomic E-state index is 12.2. The highest BCUT2D eigenvalue weighted by molar-refractivity contribution is 6.02. The Bertz CT molecular complexity index is 1100. The normalized spacial score (nSPS) is 10.4. The van der Waals surface area contributed by atoms with Gasteiger partial charge in [0.05, 0.1) is 7.11 Å². The summed E-state index contributed by atoms with van der Waals surface area (Å²) in [6, 6.07) is 22.0. The van der Waals surface area contributed by atoms with Crippen LogP contribution in [0.4, 0.5) is 5.69 Å². The molecule has 0 fully saturated rings. The molecule has 1 amide bonds. The highest BCUT2D eigenvalue weighted by Gasteiger charge is 2.05. The minimum Gasteiger partial charge on any atom is -0.493 e. The first kappa shape index (κ1) is 21.5. The Balaban J connectivity index is 1.58. The number of carbonyl (C=O) groups excluding carboxylic acids is 1. The van der Waals surface area contributed by atoms with Gasteiger partial charge in [0, 0.05) is 11.8 Å². The predicted octanol–water partition coefficient (Wildman–Crippen LogP) is 5.35. The van der Waals surface area contributed by atoms with E-state index in [0.717, 1.165) is 11.3 Å². The number of nitrogens with one attached hydrogen (secondary N) is 1. The summed E-state index contributed by atoms with van der Waals surface area (Å²) in [5.74, 6) is 2.13. The topological polar surface area (TPSA) is 80.6 Å². The van der Waals surface area contributed by atoms with Crippen molar-refractivity contribution in [3.63, 3.8) is 0 Å². The van der Waals surface area contributed by atoms with E-state index < -0.39 is 0 Å². The lowest BCUT2D eigenvalue weighted by Crippen LogP contribution is -2.07. The van der Waals surface area contributed by atoms with Crippen LogP contribution >= 0.6 is 0 Å². The van der Waals surface area contributed by atoms with E-state index >= 15 is 0 Å². The number of nitrogens with zero attached hydrogens (tertiary/aromatic N) is 1. The molecule has 6 nitrogen and oxygen atoms in total. The Morgan fingerprint density at radius 1 is 1.00 bits per heavy atom. The molecule has 0 saturated heterocycles. The summed E-state index contributed by atoms with van der Waals surface area (Å²) < 4.78 is 16.3. The first-order valence-corrected chi connectivity index (χ1v) is 9.59. The van der Waals surface area contributed by atoms with Gasteiger partial charge in [0.25, 0.3) is 0 Å². The van der Waals surface area contributed by atoms with Crippen molar-refractivity contribution in [1.29, 1.82) is 5.26 Å². The molecule has 156 valence electrons. The zero-order valence-corrected chi connectivity index (χ0v) is 17.3. The Kier molecular flexibility index (Phi) is 7.28. The SMILES string of the molecule is COc1cc(/C=C/C(=O)Nc2ccc(Oc3ccc(C)cc3)cc2)ccc1OCC#N. The van der Waals surface area contributed by atoms with Gasteiger partial charge in [-0.15, -0.1) is 0 Å². The summed E-state index contributed by atoms with van der Waals surface area (Å²) in [6.45, 7) is 1.95. The number of amides is 1. The van der Waals surface area contributed by atoms with Crippen molar-refractivity contribution in [3.05, 3.63) is 83.9 Å². The molecule has 3 aromatic rings. The van der Waals surface area contributed by atoms with Gasteiger partial charge in [-0.3, -0.25) is 4.79 Å². The van der Waals surface area contributed by atoms with Gasteiger partial charge in [-0.2, -0.15) is 5.26 Å². The van der Waals surface area contributed by atoms with E-state index in [4.69, 9.17) is 19.5 Å². The van der Waals surface area contributed by atoms with Gasteiger partial charge in [0.2, 0.25) is 5.91 Å². The first-order chi connectivity index (χ1) is 15.1. The predicted molar refractivity (Wildman–Crippen MR) is 119 cm³/mol. The molecule has 0 saturated carbocycles. The second-order valence-electron chi connectivity index (χ2n) is 6.62. The van der Waals surface area contributed by atoms with Crippen molar-refractivity contribution in [2.45, 2.75) is 6.92 Å². The zero-order valence-electron chi connectivity index (χ0n) is 17.3. The second kappa shape index (κ2) is 10.5. The van der Waals surface area contributed by atoms with Crippen LogP contribution < -0.4 is 19.5 Å². The number of hydrogen-bond donors (Lipinski definition) is 1. The molecule has 3 rings (SSSR count). The number of benzene rings is 3. The van der Waals surface area contributed by atoms with Crippen LogP contribution in [0.15, 0.2) is 72.8 Å². The average Bonchev–Trinajstić information content (AvgIpc) is 2.79. The molecule has 0 aliphatic carbocycles. The lowest BCUT2D eigenvalue weighted by atomic mass is 10.2. The monoisotopic (exact) mass is 414 g/mol. The minimum absolute atomic E-state index is 0.0667. The number of hydrogen-bond acceptors (Lipinski definition) is 5. The molecule has 31 heavy (non-hydrogen) atoms. The summed E-state index contributed by atoms with van der Waals surface area (Å²) >= 11 is 0. The summed E-state index contributed by atoms with van der Waals surface area (Å²) in [5, 5.41) is 11.4. The number of methoxy groups -OCH3 is 1. The molecule has 0 unspecified atom stereocenters. The van der Waals surface area contributed by atoms with Crippen LogP contribution in [-0.2, 0) is 4.79 Å². The van der Waals surface area contributed by atoms with E-state index in [1.807, 2.05) is 37.3 Å². The number of ether oxygens (including phenoxy) is 3. The Morgan fingerprint density at radius 3 is 2.32 bits per heavy atom. The Labute approximate surface area is 181 Å². The van der Waals surface area contributed by atoms with Crippen molar-refractivity contribution in [3.8, 4) is 29.1 Å². The van der Waals surface area contributed by atoms with E-state index in [0.29, 0.717) is 22.9 Å². The Hall–Kier alpha value is -4.24. The lowest BCUT2D eigenvalue weighted by Gasteiger charge is -2.09. The van der Waals surface area contributed by atoms with Gasteiger partial charge in [-0.25, -0.2) is 0 Å². The lowest BCUT2D eigenvalue weighted by molar-refractivity contribution is -0.111. The van der Waals surface area contributed by atoms with Gasteiger partial charge in [0.1, 0.15) is 17.6 Å². The largest absolute Gasteiger partial charge is 0.493 e. The van der Waals surface area contributed by atoms with Crippen LogP contribution in [-0.4, -0.2) is 19.6 Å². The average molecular weight is 414 g/mol. The van der Waals surface area contributed by atoms with Gasteiger partial charge in [-0.05, 0) is 67.1 Å². The molecule has 0 atom stereocenters. The van der Waals surface area contributed by atoms with Crippen molar-refractivity contribution >= 4 is 17.7 Å². The molecule has 6 heteroatoms. The van der Waals surface area contributed by atoms with Gasteiger partial charge in [-0.1, -0.05) is 23.8 Å². The van der Waals surface area contributed by atoms with Crippen LogP contribution in [0.25, 0.3) is 6.08 Å². The van der Waals surface area contributed by atoms with Crippen LogP contribution in [0.2, 0.25) is 0 Å². The number of carbonyl (C=O) groups is 1. The van der Waals surface area contributed by atoms with E-state index in [-0.39, 0.29) is 12.5 Å². The third kappa shape index (κ3) is 6.38. The summed E-state index contributed by atoms with van der Waals surface area (Å²) in [5.41, 5.74) is 2.59. The minimum atomic E-state index is -0.268. The van der Waals surface area contributed by atoms with Crippen LogP contribution in [0.5, 0.6) is 23.0 Å². The molecule has 3 aromatic carbocycles. The number of rotatable bonds is 8. The van der Waals surface area contributed by atoms with Gasteiger partial charge < -0.3 is 19.5 Å². The third-order valence-electron chi connectivity index (χ3n) is 4.29.